The van der Waals surface area contributed by atoms with Crippen LogP contribution >= 0.6 is 0 Å². The van der Waals surface area contributed by atoms with Crippen molar-refractivity contribution >= 4 is 21.8 Å². The van der Waals surface area contributed by atoms with E-state index in [4.69, 9.17) is 14.2 Å². The Morgan fingerprint density at radius 1 is 1.11 bits per heavy atom. The number of benzene rings is 1. The van der Waals surface area contributed by atoms with E-state index in [0.717, 1.165) is 5.56 Å². The number of hydrogen-bond acceptors (Lipinski definition) is 7. The molecule has 9 nitrogen and oxygen atoms in total. The Labute approximate surface area is 163 Å². The SMILES string of the molecule is COc1cc(OC)c(OC)cc1CNC(=O)C1=CN2CCS(=O)(=O)N=C2C=C1. The van der Waals surface area contributed by atoms with Crippen molar-refractivity contribution in [1.82, 2.24) is 10.2 Å². The molecule has 0 spiro atoms. The quantitative estimate of drug-likeness (QED) is 0.744. The van der Waals surface area contributed by atoms with E-state index in [2.05, 4.69) is 9.71 Å². The Morgan fingerprint density at radius 2 is 1.79 bits per heavy atom. The van der Waals surface area contributed by atoms with Gasteiger partial charge in [0.05, 0.1) is 32.7 Å². The number of methoxy groups -OCH3 is 3. The number of amides is 1. The van der Waals surface area contributed by atoms with Crippen molar-refractivity contribution in [3.8, 4) is 17.2 Å². The first-order valence-electron chi connectivity index (χ1n) is 8.43. The number of carbonyl (C=O) groups is 1. The van der Waals surface area contributed by atoms with Crippen LogP contribution in [0.2, 0.25) is 0 Å². The fourth-order valence-corrected chi connectivity index (χ4v) is 3.81. The van der Waals surface area contributed by atoms with Crippen molar-refractivity contribution in [2.45, 2.75) is 6.54 Å². The molecule has 1 aromatic carbocycles. The molecule has 2 aliphatic rings. The lowest BCUT2D eigenvalue weighted by Gasteiger charge is -2.27. The van der Waals surface area contributed by atoms with Gasteiger partial charge in [0.15, 0.2) is 11.5 Å². The smallest absolute Gasteiger partial charge is 0.256 e. The summed E-state index contributed by atoms with van der Waals surface area (Å²) in [6.07, 6.45) is 4.65. The number of sulfonamides is 1. The van der Waals surface area contributed by atoms with Crippen molar-refractivity contribution in [3.05, 3.63) is 41.6 Å². The Hall–Kier alpha value is -3.01. The van der Waals surface area contributed by atoms with E-state index in [-0.39, 0.29) is 24.7 Å². The second-order valence-electron chi connectivity index (χ2n) is 6.05. The summed E-state index contributed by atoms with van der Waals surface area (Å²) in [4.78, 5) is 14.2. The van der Waals surface area contributed by atoms with Crippen LogP contribution in [0.4, 0.5) is 0 Å². The van der Waals surface area contributed by atoms with E-state index in [9.17, 15) is 13.2 Å². The zero-order chi connectivity index (χ0) is 20.3. The molecule has 0 bridgehead atoms. The number of ether oxygens (including phenoxy) is 3. The second-order valence-corrected chi connectivity index (χ2v) is 7.80. The van der Waals surface area contributed by atoms with Gasteiger partial charge in [-0.15, -0.1) is 4.40 Å². The summed E-state index contributed by atoms with van der Waals surface area (Å²) in [5, 5.41) is 2.82. The maximum atomic E-state index is 12.5. The summed E-state index contributed by atoms with van der Waals surface area (Å²) in [5.74, 6) is 1.53. The predicted octanol–water partition coefficient (Wildman–Crippen LogP) is 0.826. The van der Waals surface area contributed by atoms with Crippen LogP contribution in [-0.2, 0) is 21.4 Å². The highest BCUT2D eigenvalue weighted by Gasteiger charge is 2.25. The molecule has 2 heterocycles. The van der Waals surface area contributed by atoms with Crippen LogP contribution in [0.25, 0.3) is 0 Å². The average molecular weight is 407 g/mol. The van der Waals surface area contributed by atoms with Gasteiger partial charge in [-0.2, -0.15) is 0 Å². The lowest BCUT2D eigenvalue weighted by atomic mass is 10.1. The first-order valence-corrected chi connectivity index (χ1v) is 10.0. The van der Waals surface area contributed by atoms with Crippen LogP contribution in [-0.4, -0.2) is 58.7 Å². The highest BCUT2D eigenvalue weighted by molar-refractivity contribution is 7.90. The van der Waals surface area contributed by atoms with Gasteiger partial charge in [0, 0.05) is 30.9 Å². The van der Waals surface area contributed by atoms with Crippen LogP contribution < -0.4 is 19.5 Å². The lowest BCUT2D eigenvalue weighted by Crippen LogP contribution is -2.38. The third-order valence-corrected chi connectivity index (χ3v) is 5.48. The van der Waals surface area contributed by atoms with Crippen molar-refractivity contribution in [1.29, 1.82) is 0 Å². The molecule has 3 rings (SSSR count). The molecule has 0 atom stereocenters. The predicted molar refractivity (Wildman–Crippen MR) is 103 cm³/mol. The van der Waals surface area contributed by atoms with Gasteiger partial charge in [0.25, 0.3) is 15.9 Å². The van der Waals surface area contributed by atoms with Crippen LogP contribution in [0.1, 0.15) is 5.56 Å². The molecule has 0 aliphatic carbocycles. The minimum atomic E-state index is -3.43. The lowest BCUT2D eigenvalue weighted by molar-refractivity contribution is -0.117. The van der Waals surface area contributed by atoms with E-state index >= 15 is 0 Å². The molecular weight excluding hydrogens is 386 g/mol. The summed E-state index contributed by atoms with van der Waals surface area (Å²) in [7, 11) is 1.17. The summed E-state index contributed by atoms with van der Waals surface area (Å²) in [6.45, 7) is 0.467. The molecule has 1 amide bonds. The maximum absolute atomic E-state index is 12.5. The first-order chi connectivity index (χ1) is 13.4. The topological polar surface area (TPSA) is 107 Å². The molecule has 150 valence electrons. The van der Waals surface area contributed by atoms with Crippen molar-refractivity contribution in [2.75, 3.05) is 33.6 Å². The number of nitrogens with one attached hydrogen (secondary N) is 1. The van der Waals surface area contributed by atoms with E-state index in [1.54, 1.807) is 23.2 Å². The van der Waals surface area contributed by atoms with Crippen molar-refractivity contribution < 1.29 is 27.4 Å². The fraction of sp³-hybridized carbons (Fsp3) is 0.333. The highest BCUT2D eigenvalue weighted by atomic mass is 32.2. The monoisotopic (exact) mass is 407 g/mol. The Balaban J connectivity index is 1.73. The fourth-order valence-electron chi connectivity index (χ4n) is 2.84. The van der Waals surface area contributed by atoms with Crippen LogP contribution in [0.3, 0.4) is 0 Å². The molecule has 2 aliphatic heterocycles. The van der Waals surface area contributed by atoms with Gasteiger partial charge in [-0.05, 0) is 18.2 Å². The molecular formula is C18H21N3O6S. The van der Waals surface area contributed by atoms with Gasteiger partial charge in [-0.1, -0.05) is 0 Å². The van der Waals surface area contributed by atoms with Crippen LogP contribution in [0.5, 0.6) is 17.2 Å². The van der Waals surface area contributed by atoms with Gasteiger partial charge < -0.3 is 24.4 Å². The molecule has 10 heteroatoms. The molecule has 0 fully saturated rings. The Bertz CT molecular complexity index is 981. The third-order valence-electron chi connectivity index (χ3n) is 4.31. The van der Waals surface area contributed by atoms with Crippen molar-refractivity contribution in [2.24, 2.45) is 4.40 Å². The minimum absolute atomic E-state index is 0.0847. The zero-order valence-electron chi connectivity index (χ0n) is 15.8. The summed E-state index contributed by atoms with van der Waals surface area (Å²) in [6, 6.07) is 3.43. The largest absolute Gasteiger partial charge is 0.496 e. The molecule has 28 heavy (non-hydrogen) atoms. The number of hydrogen-bond donors (Lipinski definition) is 1. The minimum Gasteiger partial charge on any atom is -0.496 e. The first kappa shape index (κ1) is 19.7. The standard InChI is InChI=1S/C18H21N3O6S/c1-25-14-9-16(27-3)15(26-2)8-13(14)10-19-18(22)12-4-5-17-20-28(23,24)7-6-21(17)11-12/h4-5,8-9,11H,6-7,10H2,1-3H3,(H,19,22). The van der Waals surface area contributed by atoms with Gasteiger partial charge in [0.2, 0.25) is 0 Å². The zero-order valence-corrected chi connectivity index (χ0v) is 16.6. The van der Waals surface area contributed by atoms with E-state index in [1.165, 1.54) is 33.5 Å². The van der Waals surface area contributed by atoms with Crippen LogP contribution in [0.15, 0.2) is 40.5 Å². The third kappa shape index (κ3) is 4.11. The molecule has 0 saturated carbocycles. The average Bonchev–Trinajstić information content (AvgIpc) is 2.70. The summed E-state index contributed by atoms with van der Waals surface area (Å²) < 4.78 is 42.7. The molecule has 1 N–H and O–H groups in total. The Morgan fingerprint density at radius 3 is 2.46 bits per heavy atom. The van der Waals surface area contributed by atoms with E-state index in [0.29, 0.717) is 28.7 Å². The Kier molecular flexibility index (Phi) is 5.59. The maximum Gasteiger partial charge on any atom is 0.256 e. The van der Waals surface area contributed by atoms with E-state index < -0.39 is 10.0 Å². The van der Waals surface area contributed by atoms with Gasteiger partial charge in [-0.25, -0.2) is 8.42 Å². The number of carbonyl (C=O) groups excluding carboxylic acids is 1. The highest BCUT2D eigenvalue weighted by Crippen LogP contribution is 2.34. The molecule has 0 aromatic heterocycles. The molecule has 0 saturated heterocycles. The molecule has 0 unspecified atom stereocenters. The van der Waals surface area contributed by atoms with Crippen LogP contribution in [0, 0.1) is 0 Å². The molecule has 1 aromatic rings. The number of fused-ring (bicyclic) bond motifs is 1. The number of amidine groups is 1. The van der Waals surface area contributed by atoms with Gasteiger partial charge in [-0.3, -0.25) is 4.79 Å². The number of rotatable bonds is 6. The van der Waals surface area contributed by atoms with Crippen molar-refractivity contribution in [3.63, 3.8) is 0 Å². The van der Waals surface area contributed by atoms with Gasteiger partial charge in [0.1, 0.15) is 11.6 Å². The second kappa shape index (κ2) is 7.93. The van der Waals surface area contributed by atoms with Gasteiger partial charge >= 0.3 is 0 Å². The molecule has 0 radical (unpaired) electrons. The summed E-state index contributed by atoms with van der Waals surface area (Å²) >= 11 is 0. The normalized spacial score (nSPS) is 17.2. The number of nitrogens with zero attached hydrogens (tertiary/aromatic N) is 2. The summed E-state index contributed by atoms with van der Waals surface area (Å²) in [5.41, 5.74) is 1.12. The van der Waals surface area contributed by atoms with E-state index in [1.807, 2.05) is 0 Å².